The number of nitrogens with one attached hydrogen (secondary N) is 1. The van der Waals surface area contributed by atoms with Gasteiger partial charge in [0.05, 0.1) is 30.1 Å². The van der Waals surface area contributed by atoms with Crippen LogP contribution in [0.3, 0.4) is 0 Å². The number of anilines is 1. The molecule has 0 saturated carbocycles. The molecule has 11 heteroatoms. The molecule has 0 aliphatic carbocycles. The molecule has 1 aliphatic rings. The first-order valence-electron chi connectivity index (χ1n) is 9.73. The molecule has 1 aliphatic heterocycles. The lowest BCUT2D eigenvalue weighted by atomic mass is 10.2. The summed E-state index contributed by atoms with van der Waals surface area (Å²) in [6.07, 6.45) is 0.0311. The largest absolute Gasteiger partial charge is 0.387 e. The van der Waals surface area contributed by atoms with Crippen LogP contribution in [0.4, 0.5) is 10.2 Å². The van der Waals surface area contributed by atoms with Gasteiger partial charge in [0.25, 0.3) is 11.5 Å². The van der Waals surface area contributed by atoms with E-state index in [4.69, 9.17) is 0 Å². The standard InChI is InChI=1S/C20H21FN6O4/c1-10(2)25-8-13-18(20(25)31)26(9-16(29)23-15-5-4-12(21)7-22-15)17-6-14(11(3)28)24-27(17)19(13)30/h4-7,10-11,28H,8-9H2,1-3H3,(H,22,23,29). The molecule has 3 aromatic rings. The van der Waals surface area contributed by atoms with Gasteiger partial charge in [-0.2, -0.15) is 9.61 Å². The van der Waals surface area contributed by atoms with Gasteiger partial charge < -0.3 is 19.9 Å². The maximum atomic E-state index is 13.1. The maximum absolute atomic E-state index is 13.1. The number of pyridine rings is 1. The summed E-state index contributed by atoms with van der Waals surface area (Å²) >= 11 is 0. The molecule has 0 bridgehead atoms. The van der Waals surface area contributed by atoms with Gasteiger partial charge in [0.2, 0.25) is 5.91 Å². The second-order valence-corrected chi connectivity index (χ2v) is 7.67. The van der Waals surface area contributed by atoms with Gasteiger partial charge in [-0.1, -0.05) is 0 Å². The molecule has 1 atom stereocenters. The predicted molar refractivity (Wildman–Crippen MR) is 108 cm³/mol. The van der Waals surface area contributed by atoms with Gasteiger partial charge in [-0.25, -0.2) is 9.37 Å². The third kappa shape index (κ3) is 3.56. The first-order chi connectivity index (χ1) is 14.7. The quantitative estimate of drug-likeness (QED) is 0.627. The number of halogens is 1. The minimum atomic E-state index is -0.942. The molecule has 2 N–H and O–H groups in total. The first-order valence-corrected chi connectivity index (χ1v) is 9.73. The second kappa shape index (κ2) is 7.58. The fourth-order valence-electron chi connectivity index (χ4n) is 3.56. The van der Waals surface area contributed by atoms with Crippen molar-refractivity contribution in [3.63, 3.8) is 0 Å². The topological polar surface area (TPSA) is 122 Å². The molecule has 1 unspecified atom stereocenters. The predicted octanol–water partition coefficient (Wildman–Crippen LogP) is 1.09. The van der Waals surface area contributed by atoms with Crippen LogP contribution in [0.2, 0.25) is 0 Å². The zero-order valence-corrected chi connectivity index (χ0v) is 17.2. The minimum Gasteiger partial charge on any atom is -0.387 e. The number of aliphatic hydroxyl groups excluding tert-OH is 1. The maximum Gasteiger partial charge on any atom is 0.280 e. The Morgan fingerprint density at radius 1 is 1.29 bits per heavy atom. The fraction of sp³-hybridized carbons (Fsp3) is 0.350. The summed E-state index contributed by atoms with van der Waals surface area (Å²) in [7, 11) is 0. The molecule has 0 saturated heterocycles. The van der Waals surface area contributed by atoms with E-state index in [1.165, 1.54) is 28.5 Å². The Kier molecular flexibility index (Phi) is 5.05. The van der Waals surface area contributed by atoms with Crippen molar-refractivity contribution in [3.8, 4) is 0 Å². The molecule has 0 radical (unpaired) electrons. The average molecular weight is 428 g/mol. The molecule has 3 aromatic heterocycles. The van der Waals surface area contributed by atoms with Gasteiger partial charge in [-0.05, 0) is 32.9 Å². The van der Waals surface area contributed by atoms with Crippen LogP contribution in [0.5, 0.6) is 0 Å². The number of hydrogen-bond acceptors (Lipinski definition) is 6. The van der Waals surface area contributed by atoms with Gasteiger partial charge in [0.15, 0.2) is 0 Å². The Morgan fingerprint density at radius 3 is 2.65 bits per heavy atom. The lowest BCUT2D eigenvalue weighted by Crippen LogP contribution is -2.32. The molecular formula is C20H21FN6O4. The average Bonchev–Trinajstić information content (AvgIpc) is 3.30. The van der Waals surface area contributed by atoms with E-state index in [0.717, 1.165) is 16.8 Å². The number of rotatable bonds is 5. The van der Waals surface area contributed by atoms with Gasteiger partial charge in [0.1, 0.15) is 29.5 Å². The van der Waals surface area contributed by atoms with E-state index >= 15 is 0 Å². The number of carbonyl (C=O) groups excluding carboxylic acids is 2. The summed E-state index contributed by atoms with van der Waals surface area (Å²) in [6.45, 7) is 4.96. The lowest BCUT2D eigenvalue weighted by molar-refractivity contribution is -0.116. The number of amides is 2. The molecule has 4 heterocycles. The minimum absolute atomic E-state index is 0.103. The molecule has 31 heavy (non-hydrogen) atoms. The second-order valence-electron chi connectivity index (χ2n) is 7.67. The number of fused-ring (bicyclic) bond motifs is 2. The van der Waals surface area contributed by atoms with Gasteiger partial charge in [-0.15, -0.1) is 0 Å². The number of nitrogens with zero attached hydrogens (tertiary/aromatic N) is 5. The highest BCUT2D eigenvalue weighted by Gasteiger charge is 2.36. The van der Waals surface area contributed by atoms with E-state index < -0.39 is 23.4 Å². The van der Waals surface area contributed by atoms with Crippen LogP contribution in [0, 0.1) is 5.82 Å². The van der Waals surface area contributed by atoms with Crippen LogP contribution >= 0.6 is 0 Å². The fourth-order valence-corrected chi connectivity index (χ4v) is 3.56. The third-order valence-electron chi connectivity index (χ3n) is 5.13. The zero-order chi connectivity index (χ0) is 22.4. The number of aliphatic hydroxyl groups is 1. The summed E-state index contributed by atoms with van der Waals surface area (Å²) < 4.78 is 15.6. The summed E-state index contributed by atoms with van der Waals surface area (Å²) in [5.41, 5.74) is 0.332. The molecule has 0 spiro atoms. The lowest BCUT2D eigenvalue weighted by Gasteiger charge is -2.20. The zero-order valence-electron chi connectivity index (χ0n) is 17.2. The molecule has 10 nitrogen and oxygen atoms in total. The molecular weight excluding hydrogens is 407 g/mol. The van der Waals surface area contributed by atoms with Crippen LogP contribution in [0.25, 0.3) is 5.65 Å². The summed E-state index contributed by atoms with van der Waals surface area (Å²) in [4.78, 5) is 44.1. The Labute approximate surface area is 175 Å². The van der Waals surface area contributed by atoms with Crippen LogP contribution in [-0.4, -0.2) is 47.0 Å². The molecule has 0 aromatic carbocycles. The summed E-state index contributed by atoms with van der Waals surface area (Å²) in [6, 6.07) is 3.80. The Morgan fingerprint density at radius 2 is 2.03 bits per heavy atom. The molecule has 2 amide bonds. The van der Waals surface area contributed by atoms with Gasteiger partial charge in [0, 0.05) is 12.1 Å². The smallest absolute Gasteiger partial charge is 0.280 e. The Balaban J connectivity index is 1.82. The van der Waals surface area contributed by atoms with Crippen molar-refractivity contribution < 1.29 is 19.1 Å². The van der Waals surface area contributed by atoms with Crippen LogP contribution in [0.15, 0.2) is 29.2 Å². The SMILES string of the molecule is CC(O)c1cc2n(CC(=O)Nc3ccc(F)cn3)c3c(c(=O)n2n1)CN(C(C)C)C3=O. The van der Waals surface area contributed by atoms with Crippen molar-refractivity contribution in [2.75, 3.05) is 5.32 Å². The van der Waals surface area contributed by atoms with Crippen molar-refractivity contribution in [2.24, 2.45) is 0 Å². The molecule has 4 rings (SSSR count). The van der Waals surface area contributed by atoms with E-state index in [1.807, 2.05) is 13.8 Å². The van der Waals surface area contributed by atoms with Crippen molar-refractivity contribution in [1.29, 1.82) is 0 Å². The highest BCUT2D eigenvalue weighted by molar-refractivity contribution is 5.98. The number of carbonyl (C=O) groups is 2. The van der Waals surface area contributed by atoms with E-state index in [2.05, 4.69) is 15.4 Å². The monoisotopic (exact) mass is 428 g/mol. The summed E-state index contributed by atoms with van der Waals surface area (Å²) in [5.74, 6) is -1.28. The highest BCUT2D eigenvalue weighted by Crippen LogP contribution is 2.25. The first kappa shape index (κ1) is 20.7. The van der Waals surface area contributed by atoms with E-state index in [1.54, 1.807) is 0 Å². The van der Waals surface area contributed by atoms with E-state index in [-0.39, 0.29) is 53.5 Å². The number of aromatic nitrogens is 4. The van der Waals surface area contributed by atoms with Crippen molar-refractivity contribution in [2.45, 2.75) is 46.0 Å². The van der Waals surface area contributed by atoms with Crippen molar-refractivity contribution in [3.05, 3.63) is 57.5 Å². The highest BCUT2D eigenvalue weighted by atomic mass is 19.1. The van der Waals surface area contributed by atoms with Crippen molar-refractivity contribution in [1.82, 2.24) is 24.1 Å². The van der Waals surface area contributed by atoms with Gasteiger partial charge in [-0.3, -0.25) is 14.4 Å². The van der Waals surface area contributed by atoms with E-state index in [0.29, 0.717) is 0 Å². The molecule has 0 fully saturated rings. The summed E-state index contributed by atoms with van der Waals surface area (Å²) in [5, 5.41) is 16.6. The Bertz CT molecular complexity index is 1250. The van der Waals surface area contributed by atoms with E-state index in [9.17, 15) is 23.9 Å². The van der Waals surface area contributed by atoms with Crippen LogP contribution in [0.1, 0.15) is 48.6 Å². The van der Waals surface area contributed by atoms with Gasteiger partial charge >= 0.3 is 0 Å². The molecule has 162 valence electrons. The number of hydrogen-bond donors (Lipinski definition) is 2. The van der Waals surface area contributed by atoms with Crippen LogP contribution < -0.4 is 10.9 Å². The third-order valence-corrected chi connectivity index (χ3v) is 5.13. The normalized spacial score (nSPS) is 14.4. The van der Waals surface area contributed by atoms with Crippen LogP contribution in [-0.2, 0) is 17.9 Å². The Hall–Kier alpha value is -3.60. The van der Waals surface area contributed by atoms with Crippen molar-refractivity contribution >= 4 is 23.3 Å².